The van der Waals surface area contributed by atoms with E-state index in [1.807, 2.05) is 151 Å². The number of carbonyl (C=O) groups is 3. The van der Waals surface area contributed by atoms with Gasteiger partial charge in [-0.3, -0.25) is 28.9 Å². The Kier molecular flexibility index (Phi) is 19.5. The SMILES string of the molecule is CCOc1ccc2c(c1)CC(NCCCCO)C(=O)N2c1cccc(CN2C(=O)[C@]3(O[C@H](CCn4cc(C(CO)c5ccccc5)nn4)[C@@H]([Si](C)(C)c4ccc(OC)cc4)[C@@H]3C)c3cc(N4C(=O)C(NCCCCO)Cc5cc(OCC)ccc54)ccc32)c1. The lowest BCUT2D eigenvalue weighted by Gasteiger charge is -2.37. The van der Waals surface area contributed by atoms with Gasteiger partial charge >= 0.3 is 0 Å². The molecule has 7 atom stereocenters. The Morgan fingerprint density at radius 2 is 1.29 bits per heavy atom. The molecule has 4 aliphatic rings. The van der Waals surface area contributed by atoms with Crippen LogP contribution in [-0.4, -0.2) is 128 Å². The molecule has 0 saturated carbocycles. The van der Waals surface area contributed by atoms with Crippen molar-refractivity contribution in [3.8, 4) is 17.2 Å². The molecule has 0 radical (unpaired) electrons. The maximum atomic E-state index is 16.6. The highest BCUT2D eigenvalue weighted by molar-refractivity contribution is 6.91. The minimum atomic E-state index is -2.68. The van der Waals surface area contributed by atoms with Gasteiger partial charge in [-0.1, -0.05) is 85.0 Å². The van der Waals surface area contributed by atoms with E-state index >= 15 is 9.59 Å². The van der Waals surface area contributed by atoms with Crippen molar-refractivity contribution in [3.05, 3.63) is 173 Å². The third kappa shape index (κ3) is 12.5. The fourth-order valence-electron chi connectivity index (χ4n) is 14.2. The monoisotopic (exact) mass is 1220 g/mol. The number of hydrogen-bond acceptors (Lipinski definition) is 14. The Balaban J connectivity index is 1.02. The third-order valence-corrected chi connectivity index (χ3v) is 22.9. The molecular formula is C70H84N8O10Si. The van der Waals surface area contributed by atoms with Crippen molar-refractivity contribution < 1.29 is 48.7 Å². The number of carbonyl (C=O) groups excluding carboxylic acids is 3. The molecule has 11 rings (SSSR count). The Labute approximate surface area is 522 Å². The number of ether oxygens (including phenoxy) is 4. The van der Waals surface area contributed by atoms with E-state index in [0.717, 1.165) is 45.1 Å². The van der Waals surface area contributed by atoms with E-state index in [-0.39, 0.29) is 55.5 Å². The zero-order valence-corrected chi connectivity index (χ0v) is 52.9. The van der Waals surface area contributed by atoms with Gasteiger partial charge in [-0.15, -0.1) is 5.10 Å². The number of nitrogens with one attached hydrogen (secondary N) is 2. The number of aryl methyl sites for hydroxylation is 1. The van der Waals surface area contributed by atoms with Gasteiger partial charge in [0.1, 0.15) is 17.2 Å². The van der Waals surface area contributed by atoms with Crippen LogP contribution in [0.5, 0.6) is 17.2 Å². The molecule has 18 nitrogen and oxygen atoms in total. The highest BCUT2D eigenvalue weighted by Gasteiger charge is 2.66. The molecular weight excluding hydrogens is 1140 g/mol. The lowest BCUT2D eigenvalue weighted by atomic mass is 9.82. The number of nitrogens with zero attached hydrogens (tertiary/aromatic N) is 6. The van der Waals surface area contributed by atoms with Gasteiger partial charge in [0.05, 0.1) is 88.4 Å². The van der Waals surface area contributed by atoms with Crippen LogP contribution in [0.15, 0.2) is 140 Å². The third-order valence-electron chi connectivity index (χ3n) is 18.6. The average molecular weight is 1230 g/mol. The van der Waals surface area contributed by atoms with Gasteiger partial charge < -0.3 is 49.8 Å². The van der Waals surface area contributed by atoms with Crippen LogP contribution in [0.3, 0.4) is 0 Å². The van der Waals surface area contributed by atoms with Crippen LogP contribution in [0.2, 0.25) is 18.6 Å². The number of fused-ring (bicyclic) bond motifs is 4. The van der Waals surface area contributed by atoms with Gasteiger partial charge in [-0.25, -0.2) is 0 Å². The largest absolute Gasteiger partial charge is 0.497 e. The van der Waals surface area contributed by atoms with E-state index in [1.165, 1.54) is 5.19 Å². The molecule has 1 aromatic heterocycles. The van der Waals surface area contributed by atoms with Gasteiger partial charge in [0.2, 0.25) is 11.8 Å². The Hall–Kier alpha value is -7.75. The predicted molar refractivity (Wildman–Crippen MR) is 347 cm³/mol. The maximum Gasteiger partial charge on any atom is 0.264 e. The van der Waals surface area contributed by atoms with E-state index in [9.17, 15) is 20.1 Å². The minimum absolute atomic E-state index is 0.0579. The van der Waals surface area contributed by atoms with Gasteiger partial charge in [0.25, 0.3) is 5.91 Å². The number of aromatic nitrogens is 3. The molecule has 3 amide bonds. The van der Waals surface area contributed by atoms with Crippen molar-refractivity contribution >= 4 is 59.4 Å². The topological polar surface area (TPSA) is 213 Å². The average Bonchev–Trinajstić information content (AvgIpc) is 1.57. The van der Waals surface area contributed by atoms with Gasteiger partial charge in [0, 0.05) is 48.8 Å². The summed E-state index contributed by atoms with van der Waals surface area (Å²) in [7, 11) is -1.01. The Morgan fingerprint density at radius 1 is 0.697 bits per heavy atom. The van der Waals surface area contributed by atoms with E-state index in [2.05, 4.69) is 53.1 Å². The number of unbranched alkanes of at least 4 members (excludes halogenated alkanes) is 2. The fraction of sp³-hybridized carbons (Fsp3) is 0.414. The van der Waals surface area contributed by atoms with Gasteiger partial charge in [-0.05, 0) is 179 Å². The van der Waals surface area contributed by atoms with Crippen LogP contribution >= 0.6 is 0 Å². The number of anilines is 5. The van der Waals surface area contributed by atoms with Gasteiger partial charge in [-0.2, -0.15) is 0 Å². The number of rotatable bonds is 27. The van der Waals surface area contributed by atoms with Crippen LogP contribution in [0.1, 0.15) is 92.3 Å². The summed E-state index contributed by atoms with van der Waals surface area (Å²) in [5.41, 5.74) is 6.57. The summed E-state index contributed by atoms with van der Waals surface area (Å²) in [6, 6.07) is 42.3. The molecule has 0 bridgehead atoms. The zero-order valence-electron chi connectivity index (χ0n) is 51.9. The number of methoxy groups -OCH3 is 1. The first kappa shape index (κ1) is 62.8. The molecule has 1 saturated heterocycles. The predicted octanol–water partition coefficient (Wildman–Crippen LogP) is 8.96. The van der Waals surface area contributed by atoms with Gasteiger partial charge in [0.15, 0.2) is 5.60 Å². The summed E-state index contributed by atoms with van der Waals surface area (Å²) in [5, 5.41) is 47.1. The number of amides is 3. The quantitative estimate of drug-likeness (QED) is 0.0240. The number of aliphatic hydroxyl groups excluding tert-OH is 3. The molecule has 19 heteroatoms. The first-order valence-electron chi connectivity index (χ1n) is 31.6. The summed E-state index contributed by atoms with van der Waals surface area (Å²) in [5.74, 6) is 0.907. The first-order chi connectivity index (χ1) is 43.3. The van der Waals surface area contributed by atoms with Crippen molar-refractivity contribution in [2.75, 3.05) is 67.9 Å². The summed E-state index contributed by atoms with van der Waals surface area (Å²) in [6.45, 7) is 13.4. The van der Waals surface area contributed by atoms with Crippen molar-refractivity contribution in [2.24, 2.45) is 5.92 Å². The van der Waals surface area contributed by atoms with Crippen LogP contribution in [0.4, 0.5) is 28.4 Å². The normalized spacial score (nSPS) is 20.9. The number of aliphatic hydroxyl groups is 3. The maximum absolute atomic E-state index is 16.6. The summed E-state index contributed by atoms with van der Waals surface area (Å²) < 4.78 is 27.2. The number of hydrogen-bond donors (Lipinski definition) is 5. The Bertz CT molecular complexity index is 3620. The molecule has 89 heavy (non-hydrogen) atoms. The van der Waals surface area contributed by atoms with Crippen molar-refractivity contribution in [2.45, 2.75) is 127 Å². The molecule has 1 fully saturated rings. The van der Waals surface area contributed by atoms with Crippen LogP contribution in [-0.2, 0) is 50.7 Å². The van der Waals surface area contributed by atoms with Crippen LogP contribution in [0, 0.1) is 5.92 Å². The van der Waals surface area contributed by atoms with Crippen molar-refractivity contribution in [3.63, 3.8) is 0 Å². The van der Waals surface area contributed by atoms with E-state index < -0.39 is 37.8 Å². The smallest absolute Gasteiger partial charge is 0.264 e. The molecule has 4 aliphatic heterocycles. The summed E-state index contributed by atoms with van der Waals surface area (Å²) in [4.78, 5) is 52.0. The standard InChI is InChI=1S/C70H84N8O10Si/c1-7-86-54-24-29-62-49(38-54)40-59(71-32-12-14-35-79)67(82)77(62)51-20-16-17-47(37-51)43-76-64-28-21-52(78-63-30-25-55(87-8-2)39-50(63)41-60(68(78)83)72-33-13-15-36-80)42-58(64)70(69(76)84)46(3)66(89(5,6)56-26-22-53(85-4)23-27-56)65(88-70)31-34-75-44-61(73-74-75)57(45-81)48-18-10-9-11-19-48/h9-11,16-30,37-39,42,44,46,57,59-60,65-66,71-72,79-81H,7-8,12-15,31-36,40-41,43,45H2,1-6H3/t46-,57?,59?,60?,65+,66-,70+/m0/s1. The van der Waals surface area contributed by atoms with Crippen molar-refractivity contribution in [1.82, 2.24) is 25.6 Å². The molecule has 6 aromatic carbocycles. The first-order valence-corrected chi connectivity index (χ1v) is 34.7. The summed E-state index contributed by atoms with van der Waals surface area (Å²) >= 11 is 0. The second-order valence-electron chi connectivity index (χ2n) is 24.3. The molecule has 1 spiro atoms. The highest BCUT2D eigenvalue weighted by atomic mass is 28.3. The fourth-order valence-corrected chi connectivity index (χ4v) is 18.2. The van der Waals surface area contributed by atoms with Crippen molar-refractivity contribution in [1.29, 1.82) is 0 Å². The Morgan fingerprint density at radius 3 is 1.88 bits per heavy atom. The van der Waals surface area contributed by atoms with E-state index in [1.54, 1.807) is 16.9 Å². The lowest BCUT2D eigenvalue weighted by Crippen LogP contribution is -2.52. The zero-order chi connectivity index (χ0) is 62.4. The van der Waals surface area contributed by atoms with E-state index in [4.69, 9.17) is 18.9 Å². The molecule has 5 heterocycles. The van der Waals surface area contributed by atoms with Crippen LogP contribution < -0.4 is 44.7 Å². The van der Waals surface area contributed by atoms with Crippen LogP contribution in [0.25, 0.3) is 0 Å². The summed E-state index contributed by atoms with van der Waals surface area (Å²) in [6.07, 6.45) is 5.42. The lowest BCUT2D eigenvalue weighted by molar-refractivity contribution is -0.146. The number of benzene rings is 6. The molecule has 3 unspecified atom stereocenters. The molecule has 468 valence electrons. The van der Waals surface area contributed by atoms with E-state index in [0.29, 0.717) is 112 Å². The highest BCUT2D eigenvalue weighted by Crippen LogP contribution is 2.61. The second-order valence-corrected chi connectivity index (χ2v) is 29.0. The minimum Gasteiger partial charge on any atom is -0.497 e. The molecule has 5 N–H and O–H groups in total. The molecule has 0 aliphatic carbocycles. The second kappa shape index (κ2) is 27.6. The molecule has 7 aromatic rings.